The molecule has 0 aliphatic rings. The molecule has 8 heteroatoms. The van der Waals surface area contributed by atoms with E-state index >= 15 is 0 Å². The smallest absolute Gasteiger partial charge is 0.207 e. The predicted molar refractivity (Wildman–Crippen MR) is 76.6 cm³/mol. The maximum absolute atomic E-state index is 12.4. The number of alkyl halides is 3. The summed E-state index contributed by atoms with van der Waals surface area (Å²) in [7, 11) is -3.80. The lowest BCUT2D eigenvalue weighted by molar-refractivity contribution is -0.137. The first-order valence-electron chi connectivity index (χ1n) is 6.38. The summed E-state index contributed by atoms with van der Waals surface area (Å²) in [6.45, 7) is -0.138. The lowest BCUT2D eigenvalue weighted by Crippen LogP contribution is -2.23. The molecule has 0 aliphatic heterocycles. The van der Waals surface area contributed by atoms with Crippen LogP contribution < -0.4 is 4.72 Å². The van der Waals surface area contributed by atoms with Gasteiger partial charge in [-0.3, -0.25) is 0 Å². The molecule has 0 radical (unpaired) electrons. The number of nitriles is 1. The van der Waals surface area contributed by atoms with Crippen LogP contribution in [0, 0.1) is 11.3 Å². The molecule has 0 heterocycles. The number of nitrogens with zero attached hydrogens (tertiary/aromatic N) is 1. The number of halogens is 3. The van der Waals surface area contributed by atoms with E-state index in [1.54, 1.807) is 0 Å². The zero-order valence-corrected chi connectivity index (χ0v) is 12.4. The van der Waals surface area contributed by atoms with Crippen LogP contribution in [0.5, 0.6) is 0 Å². The Morgan fingerprint density at radius 1 is 1.00 bits per heavy atom. The molecular formula is C15H11F3N2O2S. The number of rotatable bonds is 4. The summed E-state index contributed by atoms with van der Waals surface area (Å²) < 4.78 is 63.7. The highest BCUT2D eigenvalue weighted by Crippen LogP contribution is 2.29. The molecule has 23 heavy (non-hydrogen) atoms. The van der Waals surface area contributed by atoms with Gasteiger partial charge in [-0.1, -0.05) is 12.1 Å². The summed E-state index contributed by atoms with van der Waals surface area (Å²) in [5, 5.41) is 8.67. The average molecular weight is 340 g/mol. The van der Waals surface area contributed by atoms with Gasteiger partial charge in [-0.05, 0) is 42.0 Å². The van der Waals surface area contributed by atoms with Gasteiger partial charge < -0.3 is 0 Å². The predicted octanol–water partition coefficient (Wildman–Crippen LogP) is 3.06. The summed E-state index contributed by atoms with van der Waals surface area (Å²) in [4.78, 5) is -0.0246. The van der Waals surface area contributed by atoms with E-state index < -0.39 is 21.8 Å². The van der Waals surface area contributed by atoms with Crippen LogP contribution in [-0.4, -0.2) is 8.42 Å². The molecule has 120 valence electrons. The molecule has 0 fully saturated rings. The van der Waals surface area contributed by atoms with Crippen molar-refractivity contribution >= 4 is 10.0 Å². The lowest BCUT2D eigenvalue weighted by atomic mass is 10.1. The highest BCUT2D eigenvalue weighted by atomic mass is 32.2. The molecule has 0 aromatic heterocycles. The third-order valence-corrected chi connectivity index (χ3v) is 4.46. The zero-order valence-electron chi connectivity index (χ0n) is 11.6. The van der Waals surface area contributed by atoms with Crippen molar-refractivity contribution in [3.63, 3.8) is 0 Å². The van der Waals surface area contributed by atoms with Crippen LogP contribution in [0.1, 0.15) is 16.7 Å². The van der Waals surface area contributed by atoms with Crippen molar-refractivity contribution in [2.45, 2.75) is 17.6 Å². The molecule has 0 unspecified atom stereocenters. The molecule has 0 saturated carbocycles. The third-order valence-electron chi connectivity index (χ3n) is 3.04. The quantitative estimate of drug-likeness (QED) is 0.930. The largest absolute Gasteiger partial charge is 0.416 e. The molecule has 4 nitrogen and oxygen atoms in total. The van der Waals surface area contributed by atoms with Gasteiger partial charge in [0.1, 0.15) is 0 Å². The fraction of sp³-hybridized carbons (Fsp3) is 0.133. The Bertz CT molecular complexity index is 821. The third kappa shape index (κ3) is 4.31. The first-order chi connectivity index (χ1) is 10.7. The number of nitrogens with one attached hydrogen (secondary N) is 1. The van der Waals surface area contributed by atoms with Crippen molar-refractivity contribution in [2.75, 3.05) is 0 Å². The van der Waals surface area contributed by atoms with E-state index in [1.807, 2.05) is 6.07 Å². The highest BCUT2D eigenvalue weighted by molar-refractivity contribution is 7.89. The number of benzene rings is 2. The number of hydrogen-bond donors (Lipinski definition) is 1. The van der Waals surface area contributed by atoms with Gasteiger partial charge in [0.05, 0.1) is 22.1 Å². The summed E-state index contributed by atoms with van der Waals surface area (Å²) in [6, 6.07) is 11.4. The van der Waals surface area contributed by atoms with Crippen LogP contribution in [0.2, 0.25) is 0 Å². The van der Waals surface area contributed by atoms with Gasteiger partial charge in [0.25, 0.3) is 0 Å². The molecular weight excluding hydrogens is 329 g/mol. The van der Waals surface area contributed by atoms with Crippen molar-refractivity contribution in [2.24, 2.45) is 0 Å². The first-order valence-corrected chi connectivity index (χ1v) is 7.87. The normalized spacial score (nSPS) is 11.9. The van der Waals surface area contributed by atoms with E-state index in [2.05, 4.69) is 4.72 Å². The first kappa shape index (κ1) is 17.0. The van der Waals surface area contributed by atoms with Crippen molar-refractivity contribution in [3.05, 3.63) is 65.2 Å². The molecule has 1 N–H and O–H groups in total. The van der Waals surface area contributed by atoms with E-state index in [4.69, 9.17) is 5.26 Å². The molecule has 0 atom stereocenters. The average Bonchev–Trinajstić information content (AvgIpc) is 2.53. The van der Waals surface area contributed by atoms with Gasteiger partial charge in [0.15, 0.2) is 0 Å². The molecule has 2 aromatic rings. The van der Waals surface area contributed by atoms with E-state index in [0.717, 1.165) is 12.1 Å². The molecule has 0 amide bonds. The van der Waals surface area contributed by atoms with Gasteiger partial charge >= 0.3 is 6.18 Å². The summed E-state index contributed by atoms with van der Waals surface area (Å²) in [5.41, 5.74) is -0.0712. The minimum absolute atomic E-state index is 0.0246. The standard InChI is InChI=1S/C15H11F3N2O2S/c16-15(17,18)13-5-1-12(2-6-13)10-20-23(21,22)14-7-3-11(9-19)4-8-14/h1-8,20H,10H2. The second kappa shape index (κ2) is 6.40. The topological polar surface area (TPSA) is 70.0 Å². The van der Waals surface area contributed by atoms with Gasteiger partial charge in [0.2, 0.25) is 10.0 Å². The Morgan fingerprint density at radius 3 is 2.04 bits per heavy atom. The van der Waals surface area contributed by atoms with Gasteiger partial charge in [-0.2, -0.15) is 18.4 Å². The summed E-state index contributed by atoms with van der Waals surface area (Å²) >= 11 is 0. The molecule has 2 rings (SSSR count). The van der Waals surface area contributed by atoms with Gasteiger partial charge in [0, 0.05) is 6.54 Å². The Labute approximate surface area is 131 Å². The minimum Gasteiger partial charge on any atom is -0.207 e. The Balaban J connectivity index is 2.08. The maximum atomic E-state index is 12.4. The van der Waals surface area contributed by atoms with Crippen LogP contribution in [0.15, 0.2) is 53.4 Å². The van der Waals surface area contributed by atoms with Crippen LogP contribution in [0.4, 0.5) is 13.2 Å². The fourth-order valence-corrected chi connectivity index (χ4v) is 2.80. The molecule has 0 spiro atoms. The fourth-order valence-electron chi connectivity index (χ4n) is 1.78. The van der Waals surface area contributed by atoms with E-state index in [1.165, 1.54) is 36.4 Å². The minimum atomic E-state index is -4.43. The number of hydrogen-bond acceptors (Lipinski definition) is 3. The molecule has 2 aromatic carbocycles. The van der Waals surface area contributed by atoms with Crippen LogP contribution in [0.25, 0.3) is 0 Å². The molecule has 0 aliphatic carbocycles. The van der Waals surface area contributed by atoms with Gasteiger partial charge in [-0.25, -0.2) is 13.1 Å². The lowest BCUT2D eigenvalue weighted by Gasteiger charge is -2.09. The van der Waals surface area contributed by atoms with Crippen LogP contribution in [-0.2, 0) is 22.7 Å². The van der Waals surface area contributed by atoms with Crippen molar-refractivity contribution in [3.8, 4) is 6.07 Å². The van der Waals surface area contributed by atoms with Crippen LogP contribution >= 0.6 is 0 Å². The number of sulfonamides is 1. The second-order valence-corrected chi connectivity index (χ2v) is 6.42. The Hall–Kier alpha value is -2.37. The Morgan fingerprint density at radius 2 is 1.57 bits per heavy atom. The van der Waals surface area contributed by atoms with E-state index in [9.17, 15) is 21.6 Å². The second-order valence-electron chi connectivity index (χ2n) is 4.66. The SMILES string of the molecule is N#Cc1ccc(S(=O)(=O)NCc2ccc(C(F)(F)F)cc2)cc1. The Kier molecular flexibility index (Phi) is 4.73. The van der Waals surface area contributed by atoms with Crippen molar-refractivity contribution in [1.82, 2.24) is 4.72 Å². The van der Waals surface area contributed by atoms with Gasteiger partial charge in [-0.15, -0.1) is 0 Å². The summed E-state index contributed by atoms with van der Waals surface area (Å²) in [6.07, 6.45) is -4.43. The van der Waals surface area contributed by atoms with E-state index in [0.29, 0.717) is 11.1 Å². The van der Waals surface area contributed by atoms with E-state index in [-0.39, 0.29) is 11.4 Å². The monoisotopic (exact) mass is 340 g/mol. The molecule has 0 bridgehead atoms. The summed E-state index contributed by atoms with van der Waals surface area (Å²) in [5.74, 6) is 0. The van der Waals surface area contributed by atoms with Crippen molar-refractivity contribution < 1.29 is 21.6 Å². The van der Waals surface area contributed by atoms with Crippen molar-refractivity contribution in [1.29, 1.82) is 5.26 Å². The zero-order chi connectivity index (χ0) is 17.1. The van der Waals surface area contributed by atoms with Crippen LogP contribution in [0.3, 0.4) is 0 Å². The highest BCUT2D eigenvalue weighted by Gasteiger charge is 2.29. The maximum Gasteiger partial charge on any atom is 0.416 e. The molecule has 0 saturated heterocycles.